The van der Waals surface area contributed by atoms with E-state index in [1.165, 1.54) is 11.6 Å². The fourth-order valence-electron chi connectivity index (χ4n) is 1.94. The summed E-state index contributed by atoms with van der Waals surface area (Å²) in [4.78, 5) is 30.0. The maximum atomic E-state index is 12.0. The lowest BCUT2D eigenvalue weighted by Crippen LogP contribution is -2.29. The number of aliphatic hydroxyl groups is 1. The minimum absolute atomic E-state index is 0.0667. The highest BCUT2D eigenvalue weighted by Gasteiger charge is 2.16. The SMILES string of the molecule is COCCn1c(NCCO)nc2c1c(=O)[nH]c(=O)n2C. The summed E-state index contributed by atoms with van der Waals surface area (Å²) in [6.07, 6.45) is 0. The van der Waals surface area contributed by atoms with Gasteiger partial charge in [0.05, 0.1) is 13.2 Å². The van der Waals surface area contributed by atoms with Gasteiger partial charge in [0.1, 0.15) is 0 Å². The molecule has 0 saturated carbocycles. The maximum Gasteiger partial charge on any atom is 0.329 e. The molecule has 0 fully saturated rings. The number of rotatable bonds is 6. The summed E-state index contributed by atoms with van der Waals surface area (Å²) in [5.41, 5.74) is -0.434. The van der Waals surface area contributed by atoms with Crippen LogP contribution in [0.25, 0.3) is 11.2 Å². The van der Waals surface area contributed by atoms with Crippen LogP contribution in [-0.2, 0) is 18.3 Å². The highest BCUT2D eigenvalue weighted by atomic mass is 16.5. The number of aromatic amines is 1. The third-order valence-electron chi connectivity index (χ3n) is 2.92. The highest BCUT2D eigenvalue weighted by molar-refractivity contribution is 5.74. The van der Waals surface area contributed by atoms with E-state index < -0.39 is 11.2 Å². The van der Waals surface area contributed by atoms with E-state index in [1.807, 2.05) is 0 Å². The minimum atomic E-state index is -0.521. The monoisotopic (exact) mass is 283 g/mol. The number of imidazole rings is 1. The normalized spacial score (nSPS) is 11.2. The first-order valence-electron chi connectivity index (χ1n) is 6.13. The molecule has 0 aliphatic rings. The summed E-state index contributed by atoms with van der Waals surface area (Å²) in [5, 5.41) is 11.8. The first-order chi connectivity index (χ1) is 9.60. The second-order valence-electron chi connectivity index (χ2n) is 4.22. The standard InChI is InChI=1S/C11H17N5O4/c1-15-8-7(9(18)14-11(15)19)16(4-6-20-2)10(13-8)12-3-5-17/h17H,3-6H2,1-2H3,(H,12,13)(H,14,18,19). The van der Waals surface area contributed by atoms with Gasteiger partial charge in [-0.25, -0.2) is 4.79 Å². The zero-order valence-corrected chi connectivity index (χ0v) is 11.3. The van der Waals surface area contributed by atoms with Crippen molar-refractivity contribution in [2.45, 2.75) is 6.54 Å². The number of ether oxygens (including phenoxy) is 1. The molecule has 0 saturated heterocycles. The van der Waals surface area contributed by atoms with Gasteiger partial charge < -0.3 is 19.7 Å². The van der Waals surface area contributed by atoms with E-state index in [4.69, 9.17) is 9.84 Å². The number of hydrogen-bond acceptors (Lipinski definition) is 6. The quantitative estimate of drug-likeness (QED) is 0.593. The van der Waals surface area contributed by atoms with Gasteiger partial charge >= 0.3 is 5.69 Å². The Morgan fingerprint density at radius 1 is 1.45 bits per heavy atom. The minimum Gasteiger partial charge on any atom is -0.395 e. The number of hydrogen-bond donors (Lipinski definition) is 3. The molecule has 0 spiro atoms. The number of aryl methyl sites for hydroxylation is 1. The molecule has 2 aromatic rings. The van der Waals surface area contributed by atoms with Gasteiger partial charge in [0, 0.05) is 27.2 Å². The van der Waals surface area contributed by atoms with Crippen molar-refractivity contribution in [1.82, 2.24) is 19.1 Å². The van der Waals surface area contributed by atoms with Crippen molar-refractivity contribution in [3.05, 3.63) is 20.8 Å². The molecule has 2 heterocycles. The molecule has 0 aliphatic heterocycles. The van der Waals surface area contributed by atoms with Crippen LogP contribution in [0.1, 0.15) is 0 Å². The second kappa shape index (κ2) is 5.88. The molecular formula is C11H17N5O4. The number of aliphatic hydroxyl groups excluding tert-OH is 1. The average molecular weight is 283 g/mol. The summed E-state index contributed by atoms with van der Waals surface area (Å²) < 4.78 is 7.91. The first kappa shape index (κ1) is 14.3. The van der Waals surface area contributed by atoms with Crippen molar-refractivity contribution < 1.29 is 9.84 Å². The number of fused-ring (bicyclic) bond motifs is 1. The Morgan fingerprint density at radius 2 is 2.20 bits per heavy atom. The molecule has 0 radical (unpaired) electrons. The summed E-state index contributed by atoms with van der Waals surface area (Å²) in [7, 11) is 3.09. The lowest BCUT2D eigenvalue weighted by atomic mass is 10.5. The Bertz CT molecular complexity index is 714. The lowest BCUT2D eigenvalue weighted by Gasteiger charge is -2.08. The Hall–Kier alpha value is -2.13. The molecule has 0 aliphatic carbocycles. The average Bonchev–Trinajstić information content (AvgIpc) is 2.79. The zero-order chi connectivity index (χ0) is 14.7. The predicted octanol–water partition coefficient (Wildman–Crippen LogP) is -1.53. The van der Waals surface area contributed by atoms with Gasteiger partial charge in [0.2, 0.25) is 5.95 Å². The van der Waals surface area contributed by atoms with Crippen LogP contribution in [0.15, 0.2) is 9.59 Å². The number of methoxy groups -OCH3 is 1. The Morgan fingerprint density at radius 3 is 2.85 bits per heavy atom. The van der Waals surface area contributed by atoms with Gasteiger partial charge in [0.25, 0.3) is 5.56 Å². The smallest absolute Gasteiger partial charge is 0.329 e. The predicted molar refractivity (Wildman–Crippen MR) is 73.0 cm³/mol. The van der Waals surface area contributed by atoms with Crippen LogP contribution < -0.4 is 16.6 Å². The van der Waals surface area contributed by atoms with Gasteiger partial charge in [-0.15, -0.1) is 0 Å². The summed E-state index contributed by atoms with van der Waals surface area (Å²) in [5.74, 6) is 0.415. The van der Waals surface area contributed by atoms with Gasteiger partial charge in [-0.1, -0.05) is 0 Å². The molecule has 0 unspecified atom stereocenters. The van der Waals surface area contributed by atoms with E-state index >= 15 is 0 Å². The third kappa shape index (κ3) is 2.45. The topological polar surface area (TPSA) is 114 Å². The van der Waals surface area contributed by atoms with Crippen LogP contribution in [0.2, 0.25) is 0 Å². The van der Waals surface area contributed by atoms with Gasteiger partial charge in [-0.05, 0) is 0 Å². The molecule has 0 aromatic carbocycles. The van der Waals surface area contributed by atoms with Gasteiger partial charge in [-0.2, -0.15) is 4.98 Å². The van der Waals surface area contributed by atoms with Crippen molar-refractivity contribution in [3.63, 3.8) is 0 Å². The van der Waals surface area contributed by atoms with Crippen LogP contribution in [-0.4, -0.2) is 51.1 Å². The summed E-state index contributed by atoms with van der Waals surface area (Å²) in [6, 6.07) is 0. The number of nitrogens with one attached hydrogen (secondary N) is 2. The summed E-state index contributed by atoms with van der Waals surface area (Å²) >= 11 is 0. The van der Waals surface area contributed by atoms with Crippen molar-refractivity contribution in [2.24, 2.45) is 7.05 Å². The number of anilines is 1. The van der Waals surface area contributed by atoms with Gasteiger partial charge in [0.15, 0.2) is 11.2 Å². The van der Waals surface area contributed by atoms with Crippen LogP contribution in [0.5, 0.6) is 0 Å². The first-order valence-corrected chi connectivity index (χ1v) is 6.13. The van der Waals surface area contributed by atoms with Gasteiger partial charge in [-0.3, -0.25) is 14.3 Å². The van der Waals surface area contributed by atoms with E-state index in [0.717, 1.165) is 0 Å². The molecule has 3 N–H and O–H groups in total. The molecule has 0 amide bonds. The molecule has 9 nitrogen and oxygen atoms in total. The Balaban J connectivity index is 2.65. The Labute approximate surface area is 113 Å². The maximum absolute atomic E-state index is 12.0. The molecular weight excluding hydrogens is 266 g/mol. The number of nitrogens with zero attached hydrogens (tertiary/aromatic N) is 3. The van der Waals surface area contributed by atoms with Crippen LogP contribution in [0.4, 0.5) is 5.95 Å². The Kier molecular flexibility index (Phi) is 4.20. The molecule has 0 atom stereocenters. The molecule has 0 bridgehead atoms. The molecule has 2 rings (SSSR count). The number of H-pyrrole nitrogens is 1. The van der Waals surface area contributed by atoms with E-state index in [-0.39, 0.29) is 12.3 Å². The van der Waals surface area contributed by atoms with E-state index in [2.05, 4.69) is 15.3 Å². The lowest BCUT2D eigenvalue weighted by molar-refractivity contribution is 0.188. The van der Waals surface area contributed by atoms with Crippen molar-refractivity contribution in [2.75, 3.05) is 32.2 Å². The highest BCUT2D eigenvalue weighted by Crippen LogP contribution is 2.14. The molecule has 110 valence electrons. The summed E-state index contributed by atoms with van der Waals surface area (Å²) in [6.45, 7) is 1.02. The fraction of sp³-hybridized carbons (Fsp3) is 0.545. The van der Waals surface area contributed by atoms with Crippen LogP contribution in [0.3, 0.4) is 0 Å². The largest absolute Gasteiger partial charge is 0.395 e. The van der Waals surface area contributed by atoms with Crippen LogP contribution >= 0.6 is 0 Å². The fourth-order valence-corrected chi connectivity index (χ4v) is 1.94. The van der Waals surface area contributed by atoms with Crippen molar-refractivity contribution >= 4 is 17.1 Å². The zero-order valence-electron chi connectivity index (χ0n) is 11.3. The molecule has 20 heavy (non-hydrogen) atoms. The third-order valence-corrected chi connectivity index (χ3v) is 2.92. The van der Waals surface area contributed by atoms with E-state index in [1.54, 1.807) is 11.7 Å². The molecule has 2 aromatic heterocycles. The second-order valence-corrected chi connectivity index (χ2v) is 4.22. The van der Waals surface area contributed by atoms with E-state index in [0.29, 0.717) is 31.2 Å². The van der Waals surface area contributed by atoms with E-state index in [9.17, 15) is 9.59 Å². The van der Waals surface area contributed by atoms with Crippen LogP contribution in [0, 0.1) is 0 Å². The van der Waals surface area contributed by atoms with Crippen molar-refractivity contribution in [1.29, 1.82) is 0 Å². The molecule has 9 heteroatoms. The van der Waals surface area contributed by atoms with Crippen molar-refractivity contribution in [3.8, 4) is 0 Å². The number of aromatic nitrogens is 4.